The fraction of sp³-hybridized carbons (Fsp3) is 0.143. The van der Waals surface area contributed by atoms with Crippen molar-refractivity contribution in [3.05, 3.63) is 59.9 Å². The summed E-state index contributed by atoms with van der Waals surface area (Å²) in [6.07, 6.45) is 3.20. The van der Waals surface area contributed by atoms with Crippen LogP contribution in [0.4, 0.5) is 0 Å². The summed E-state index contributed by atoms with van der Waals surface area (Å²) in [6, 6.07) is 9.87. The minimum absolute atomic E-state index is 0.0356. The van der Waals surface area contributed by atoms with Crippen molar-refractivity contribution in [2.24, 2.45) is 0 Å². The number of carbonyl (C=O) groups is 1. The van der Waals surface area contributed by atoms with E-state index in [1.165, 1.54) is 0 Å². The predicted octanol–water partition coefficient (Wildman–Crippen LogP) is 2.56. The summed E-state index contributed by atoms with van der Waals surface area (Å²) >= 11 is 0. The molecular formula is C14H12N2O. The fourth-order valence-electron chi connectivity index (χ4n) is 2.17. The average molecular weight is 224 g/mol. The van der Waals surface area contributed by atoms with Gasteiger partial charge in [-0.15, -0.1) is 0 Å². The zero-order chi connectivity index (χ0) is 11.8. The highest BCUT2D eigenvalue weighted by Crippen LogP contribution is 2.25. The van der Waals surface area contributed by atoms with Crippen LogP contribution in [0.25, 0.3) is 5.69 Å². The Labute approximate surface area is 99.4 Å². The van der Waals surface area contributed by atoms with Gasteiger partial charge in [-0.1, -0.05) is 24.8 Å². The van der Waals surface area contributed by atoms with Crippen molar-refractivity contribution in [1.82, 2.24) is 9.78 Å². The largest absolute Gasteiger partial charge is 0.289 e. The van der Waals surface area contributed by atoms with Crippen LogP contribution in [0.15, 0.2) is 48.7 Å². The number of fused-ring (bicyclic) bond motifs is 1. The Balaban J connectivity index is 2.14. The summed E-state index contributed by atoms with van der Waals surface area (Å²) in [5, 5.41) is 4.31. The van der Waals surface area contributed by atoms with Crippen LogP contribution in [0.3, 0.4) is 0 Å². The lowest BCUT2D eigenvalue weighted by Crippen LogP contribution is -2.14. The Hall–Kier alpha value is -2.16. The van der Waals surface area contributed by atoms with E-state index < -0.39 is 0 Å². The second-order valence-corrected chi connectivity index (χ2v) is 4.18. The molecule has 0 atom stereocenters. The molecule has 0 saturated carbocycles. The Bertz CT molecular complexity index is 596. The maximum atomic E-state index is 11.9. The van der Waals surface area contributed by atoms with Crippen molar-refractivity contribution in [2.75, 3.05) is 0 Å². The van der Waals surface area contributed by atoms with Crippen LogP contribution >= 0.6 is 0 Å². The van der Waals surface area contributed by atoms with Crippen LogP contribution in [-0.4, -0.2) is 15.6 Å². The highest BCUT2D eigenvalue weighted by molar-refractivity contribution is 6.10. The predicted molar refractivity (Wildman–Crippen MR) is 65.4 cm³/mol. The highest BCUT2D eigenvalue weighted by Gasteiger charge is 2.24. The van der Waals surface area contributed by atoms with Gasteiger partial charge in [-0.05, 0) is 30.5 Å². The normalized spacial score (nSPS) is 14.8. The van der Waals surface area contributed by atoms with Crippen LogP contribution in [0.1, 0.15) is 22.5 Å². The third-order valence-corrected chi connectivity index (χ3v) is 3.10. The number of rotatable bonds is 1. The Morgan fingerprint density at radius 2 is 1.94 bits per heavy atom. The summed E-state index contributed by atoms with van der Waals surface area (Å²) in [5.41, 5.74) is 3.37. The third kappa shape index (κ3) is 1.51. The van der Waals surface area contributed by atoms with Crippen molar-refractivity contribution in [3.63, 3.8) is 0 Å². The number of hydrogen-bond donors (Lipinski definition) is 0. The SMILES string of the molecule is C=C1CCc2c(cnn2-c2ccccc2)C1=O. The first-order valence-electron chi connectivity index (χ1n) is 5.62. The summed E-state index contributed by atoms with van der Waals surface area (Å²) in [7, 11) is 0. The maximum absolute atomic E-state index is 11.9. The van der Waals surface area contributed by atoms with Crippen molar-refractivity contribution in [1.29, 1.82) is 0 Å². The van der Waals surface area contributed by atoms with E-state index in [1.54, 1.807) is 6.20 Å². The second-order valence-electron chi connectivity index (χ2n) is 4.18. The Morgan fingerprint density at radius 3 is 2.71 bits per heavy atom. The Kier molecular flexibility index (Phi) is 2.18. The van der Waals surface area contributed by atoms with Crippen molar-refractivity contribution >= 4 is 5.78 Å². The quantitative estimate of drug-likeness (QED) is 0.698. The summed E-state index contributed by atoms with van der Waals surface area (Å²) in [4.78, 5) is 11.9. The van der Waals surface area contributed by atoms with Gasteiger partial charge in [0.25, 0.3) is 0 Å². The minimum atomic E-state index is 0.0356. The number of aromatic nitrogens is 2. The molecule has 1 aliphatic carbocycles. The molecule has 1 heterocycles. The molecule has 0 amide bonds. The van der Waals surface area contributed by atoms with Gasteiger partial charge >= 0.3 is 0 Å². The number of nitrogens with zero attached hydrogens (tertiary/aromatic N) is 2. The third-order valence-electron chi connectivity index (χ3n) is 3.10. The molecule has 17 heavy (non-hydrogen) atoms. The van der Waals surface area contributed by atoms with Crippen LogP contribution < -0.4 is 0 Å². The van der Waals surface area contributed by atoms with Crippen molar-refractivity contribution < 1.29 is 4.79 Å². The number of benzene rings is 1. The van der Waals surface area contributed by atoms with Crippen molar-refractivity contribution in [3.8, 4) is 5.69 Å². The molecule has 3 nitrogen and oxygen atoms in total. The number of allylic oxidation sites excluding steroid dienone is 1. The molecule has 0 unspecified atom stereocenters. The van der Waals surface area contributed by atoms with Crippen LogP contribution in [-0.2, 0) is 6.42 Å². The van der Waals surface area contributed by atoms with E-state index in [1.807, 2.05) is 35.0 Å². The van der Waals surface area contributed by atoms with E-state index in [-0.39, 0.29) is 5.78 Å². The molecule has 1 aliphatic rings. The maximum Gasteiger partial charge on any atom is 0.191 e. The van der Waals surface area contributed by atoms with E-state index in [0.29, 0.717) is 11.1 Å². The van der Waals surface area contributed by atoms with Gasteiger partial charge in [0.1, 0.15) is 0 Å². The fourth-order valence-corrected chi connectivity index (χ4v) is 2.17. The highest BCUT2D eigenvalue weighted by atomic mass is 16.1. The van der Waals surface area contributed by atoms with E-state index in [2.05, 4.69) is 11.7 Å². The lowest BCUT2D eigenvalue weighted by molar-refractivity contribution is 0.102. The first kappa shape index (κ1) is 10.0. The van der Waals surface area contributed by atoms with Gasteiger partial charge in [-0.3, -0.25) is 4.79 Å². The molecule has 0 saturated heterocycles. The van der Waals surface area contributed by atoms with Crippen LogP contribution in [0.5, 0.6) is 0 Å². The van der Waals surface area contributed by atoms with Crippen LogP contribution in [0, 0.1) is 0 Å². The first-order valence-corrected chi connectivity index (χ1v) is 5.62. The lowest BCUT2D eigenvalue weighted by Gasteiger charge is -2.14. The Morgan fingerprint density at radius 1 is 1.18 bits per heavy atom. The number of para-hydroxylation sites is 1. The molecule has 1 aromatic heterocycles. The van der Waals surface area contributed by atoms with Gasteiger partial charge in [0.2, 0.25) is 0 Å². The van der Waals surface area contributed by atoms with Gasteiger partial charge in [-0.2, -0.15) is 5.10 Å². The number of hydrogen-bond acceptors (Lipinski definition) is 2. The van der Waals surface area contributed by atoms with Gasteiger partial charge < -0.3 is 0 Å². The lowest BCUT2D eigenvalue weighted by atomic mass is 9.93. The summed E-state index contributed by atoms with van der Waals surface area (Å²) < 4.78 is 1.85. The monoisotopic (exact) mass is 224 g/mol. The molecule has 0 N–H and O–H groups in total. The van der Waals surface area contributed by atoms with Gasteiger partial charge in [-0.25, -0.2) is 4.68 Å². The van der Waals surface area contributed by atoms with Gasteiger partial charge in [0.05, 0.1) is 23.1 Å². The zero-order valence-corrected chi connectivity index (χ0v) is 9.39. The molecule has 3 rings (SSSR count). The van der Waals surface area contributed by atoms with E-state index in [9.17, 15) is 4.79 Å². The molecule has 3 heteroatoms. The van der Waals surface area contributed by atoms with E-state index in [4.69, 9.17) is 0 Å². The van der Waals surface area contributed by atoms with Gasteiger partial charge in [0.15, 0.2) is 5.78 Å². The van der Waals surface area contributed by atoms with Crippen molar-refractivity contribution in [2.45, 2.75) is 12.8 Å². The standard InChI is InChI=1S/C14H12N2O/c1-10-7-8-13-12(14(10)17)9-15-16(13)11-5-3-2-4-6-11/h2-6,9H,1,7-8H2. The summed E-state index contributed by atoms with van der Waals surface area (Å²) in [5.74, 6) is 0.0356. The minimum Gasteiger partial charge on any atom is -0.289 e. The molecular weight excluding hydrogens is 212 g/mol. The molecule has 0 spiro atoms. The molecule has 2 aromatic rings. The molecule has 0 aliphatic heterocycles. The second kappa shape index (κ2) is 3.70. The molecule has 1 aromatic carbocycles. The first-order chi connectivity index (χ1) is 8.27. The summed E-state index contributed by atoms with van der Waals surface area (Å²) in [6.45, 7) is 3.79. The molecule has 0 radical (unpaired) electrons. The number of carbonyl (C=O) groups excluding carboxylic acids is 1. The average Bonchev–Trinajstić information content (AvgIpc) is 2.79. The number of ketones is 1. The zero-order valence-electron chi connectivity index (χ0n) is 9.39. The molecule has 0 fully saturated rings. The molecule has 84 valence electrons. The van der Waals surface area contributed by atoms with E-state index >= 15 is 0 Å². The van der Waals surface area contributed by atoms with E-state index in [0.717, 1.165) is 24.2 Å². The topological polar surface area (TPSA) is 34.9 Å². The smallest absolute Gasteiger partial charge is 0.191 e. The molecule has 0 bridgehead atoms. The van der Waals surface area contributed by atoms with Crippen LogP contribution in [0.2, 0.25) is 0 Å². The van der Waals surface area contributed by atoms with Gasteiger partial charge in [0, 0.05) is 0 Å². The number of Topliss-reactive ketones (excluding diaryl/α,β-unsaturated/α-hetero) is 1.